The topological polar surface area (TPSA) is 25.8 Å². The lowest BCUT2D eigenvalue weighted by atomic mass is 10.1. The van der Waals surface area contributed by atoms with Crippen molar-refractivity contribution in [1.82, 2.24) is 9.97 Å². The van der Waals surface area contributed by atoms with E-state index in [0.717, 1.165) is 22.2 Å². The normalized spacial score (nSPS) is 11.2. The molecule has 2 aromatic heterocycles. The molecule has 0 saturated carbocycles. The lowest BCUT2D eigenvalue weighted by molar-refractivity contribution is 1.14. The van der Waals surface area contributed by atoms with Gasteiger partial charge in [-0.1, -0.05) is 42.8 Å². The van der Waals surface area contributed by atoms with Gasteiger partial charge in [0.15, 0.2) is 5.82 Å². The molecular formula is C16H15ClN2S. The van der Waals surface area contributed by atoms with Crippen molar-refractivity contribution in [2.75, 3.05) is 0 Å². The molecule has 0 spiro atoms. The second kappa shape index (κ2) is 5.15. The Hall–Kier alpha value is -1.45. The Bertz CT molecular complexity index is 775. The molecule has 0 fully saturated rings. The van der Waals surface area contributed by atoms with Crippen molar-refractivity contribution in [2.24, 2.45) is 0 Å². The fourth-order valence-electron chi connectivity index (χ4n) is 2.22. The van der Waals surface area contributed by atoms with Crippen LogP contribution in [0.2, 0.25) is 5.15 Å². The molecular weight excluding hydrogens is 288 g/mol. The average Bonchev–Trinajstić information content (AvgIpc) is 2.74. The molecule has 3 aromatic rings. The number of hydrogen-bond acceptors (Lipinski definition) is 3. The summed E-state index contributed by atoms with van der Waals surface area (Å²) in [5, 5.41) is 1.54. The van der Waals surface area contributed by atoms with Gasteiger partial charge in [-0.3, -0.25) is 0 Å². The Labute approximate surface area is 127 Å². The molecule has 0 amide bonds. The number of rotatable bonds is 2. The maximum absolute atomic E-state index is 6.34. The highest BCUT2D eigenvalue weighted by Crippen LogP contribution is 2.34. The highest BCUT2D eigenvalue weighted by atomic mass is 35.5. The van der Waals surface area contributed by atoms with E-state index < -0.39 is 0 Å². The maximum Gasteiger partial charge on any atom is 0.162 e. The van der Waals surface area contributed by atoms with Crippen LogP contribution in [0.1, 0.15) is 22.9 Å². The van der Waals surface area contributed by atoms with Gasteiger partial charge in [0.1, 0.15) is 9.98 Å². The molecule has 3 rings (SSSR count). The van der Waals surface area contributed by atoms with Gasteiger partial charge in [-0.2, -0.15) is 0 Å². The number of fused-ring (bicyclic) bond motifs is 1. The van der Waals surface area contributed by atoms with E-state index in [0.29, 0.717) is 11.0 Å². The van der Waals surface area contributed by atoms with Gasteiger partial charge in [0.2, 0.25) is 0 Å². The van der Waals surface area contributed by atoms with Crippen molar-refractivity contribution < 1.29 is 0 Å². The highest BCUT2D eigenvalue weighted by molar-refractivity contribution is 7.18. The molecule has 102 valence electrons. The molecule has 0 bridgehead atoms. The molecule has 20 heavy (non-hydrogen) atoms. The van der Waals surface area contributed by atoms with E-state index in [-0.39, 0.29) is 0 Å². The number of aryl methyl sites for hydroxylation is 3. The summed E-state index contributed by atoms with van der Waals surface area (Å²) in [6, 6.07) is 8.34. The van der Waals surface area contributed by atoms with Gasteiger partial charge in [0.05, 0.1) is 5.39 Å². The summed E-state index contributed by atoms with van der Waals surface area (Å²) in [5.74, 6) is 0.700. The highest BCUT2D eigenvalue weighted by Gasteiger charge is 2.13. The molecule has 0 aliphatic carbocycles. The molecule has 0 unspecified atom stereocenters. The molecule has 0 radical (unpaired) electrons. The largest absolute Gasteiger partial charge is 0.217 e. The molecule has 1 aromatic carbocycles. The summed E-state index contributed by atoms with van der Waals surface area (Å²) in [5.41, 5.74) is 3.50. The fourth-order valence-corrected chi connectivity index (χ4v) is 3.62. The van der Waals surface area contributed by atoms with Gasteiger partial charge in [0.25, 0.3) is 0 Å². The molecule has 0 aliphatic rings. The quantitative estimate of drug-likeness (QED) is 0.609. The standard InChI is InChI=1S/C16H15ClN2S/c1-4-11-5-7-12(8-6-11)15-18-14(17)13-9(2)10(3)20-16(13)19-15/h5-8H,4H2,1-3H3. The Morgan fingerprint density at radius 3 is 2.45 bits per heavy atom. The van der Waals surface area contributed by atoms with Crippen molar-refractivity contribution in [3.8, 4) is 11.4 Å². The van der Waals surface area contributed by atoms with Crippen LogP contribution in [0.4, 0.5) is 0 Å². The molecule has 0 atom stereocenters. The van der Waals surface area contributed by atoms with E-state index in [1.165, 1.54) is 16.0 Å². The zero-order valence-electron chi connectivity index (χ0n) is 11.7. The molecule has 0 aliphatic heterocycles. The van der Waals surface area contributed by atoms with Gasteiger partial charge in [0, 0.05) is 10.4 Å². The van der Waals surface area contributed by atoms with E-state index in [9.17, 15) is 0 Å². The molecule has 0 saturated heterocycles. The summed E-state index contributed by atoms with van der Waals surface area (Å²) in [6.07, 6.45) is 1.03. The predicted octanol–water partition coefficient (Wildman–Crippen LogP) is 5.19. The molecule has 4 heteroatoms. The second-order valence-electron chi connectivity index (χ2n) is 4.85. The zero-order chi connectivity index (χ0) is 14.3. The minimum Gasteiger partial charge on any atom is -0.217 e. The second-order valence-corrected chi connectivity index (χ2v) is 6.41. The van der Waals surface area contributed by atoms with Crippen LogP contribution >= 0.6 is 22.9 Å². The maximum atomic E-state index is 6.34. The van der Waals surface area contributed by atoms with Crippen LogP contribution in [0.25, 0.3) is 21.6 Å². The Balaban J connectivity index is 2.16. The van der Waals surface area contributed by atoms with Gasteiger partial charge < -0.3 is 0 Å². The Morgan fingerprint density at radius 1 is 1.10 bits per heavy atom. The lowest BCUT2D eigenvalue weighted by Crippen LogP contribution is -1.91. The predicted molar refractivity (Wildman–Crippen MR) is 86.7 cm³/mol. The summed E-state index contributed by atoms with van der Waals surface area (Å²) >= 11 is 8.02. The van der Waals surface area contributed by atoms with Gasteiger partial charge in [-0.25, -0.2) is 9.97 Å². The first-order valence-electron chi connectivity index (χ1n) is 6.62. The van der Waals surface area contributed by atoms with E-state index in [1.54, 1.807) is 11.3 Å². The van der Waals surface area contributed by atoms with Crippen LogP contribution in [0.15, 0.2) is 24.3 Å². The van der Waals surface area contributed by atoms with Crippen molar-refractivity contribution in [2.45, 2.75) is 27.2 Å². The van der Waals surface area contributed by atoms with Crippen LogP contribution in [-0.2, 0) is 6.42 Å². The first-order valence-corrected chi connectivity index (χ1v) is 7.82. The monoisotopic (exact) mass is 302 g/mol. The minimum absolute atomic E-state index is 0.548. The van der Waals surface area contributed by atoms with Crippen LogP contribution in [0.3, 0.4) is 0 Å². The van der Waals surface area contributed by atoms with Crippen LogP contribution in [-0.4, -0.2) is 9.97 Å². The van der Waals surface area contributed by atoms with E-state index in [1.807, 2.05) is 0 Å². The first-order chi connectivity index (χ1) is 9.60. The minimum atomic E-state index is 0.548. The number of nitrogens with zero attached hydrogens (tertiary/aromatic N) is 2. The van der Waals surface area contributed by atoms with Crippen molar-refractivity contribution in [1.29, 1.82) is 0 Å². The lowest BCUT2D eigenvalue weighted by Gasteiger charge is -2.03. The smallest absolute Gasteiger partial charge is 0.162 e. The number of thiophene rings is 1. The average molecular weight is 303 g/mol. The van der Waals surface area contributed by atoms with Gasteiger partial charge >= 0.3 is 0 Å². The summed E-state index contributed by atoms with van der Waals surface area (Å²) in [6.45, 7) is 6.30. The van der Waals surface area contributed by atoms with Crippen molar-refractivity contribution in [3.63, 3.8) is 0 Å². The van der Waals surface area contributed by atoms with Gasteiger partial charge in [-0.05, 0) is 31.4 Å². The van der Waals surface area contributed by atoms with Gasteiger partial charge in [-0.15, -0.1) is 11.3 Å². The first kappa shape index (κ1) is 13.5. The van der Waals surface area contributed by atoms with E-state index in [4.69, 9.17) is 11.6 Å². The Kier molecular flexibility index (Phi) is 3.48. The van der Waals surface area contributed by atoms with Crippen LogP contribution < -0.4 is 0 Å². The Morgan fingerprint density at radius 2 is 1.80 bits per heavy atom. The van der Waals surface area contributed by atoms with Crippen LogP contribution in [0, 0.1) is 13.8 Å². The summed E-state index contributed by atoms with van der Waals surface area (Å²) in [4.78, 5) is 11.3. The molecule has 0 N–H and O–H groups in total. The fraction of sp³-hybridized carbons (Fsp3) is 0.250. The third-order valence-corrected chi connectivity index (χ3v) is 4.98. The number of aromatic nitrogens is 2. The molecule has 2 heterocycles. The van der Waals surface area contributed by atoms with Crippen molar-refractivity contribution in [3.05, 3.63) is 45.4 Å². The third-order valence-electron chi connectivity index (χ3n) is 3.60. The number of halogens is 1. The zero-order valence-corrected chi connectivity index (χ0v) is 13.3. The van der Waals surface area contributed by atoms with Crippen molar-refractivity contribution >= 4 is 33.2 Å². The number of benzene rings is 1. The SMILES string of the molecule is CCc1ccc(-c2nc(Cl)c3c(C)c(C)sc3n2)cc1. The van der Waals surface area contributed by atoms with Crippen LogP contribution in [0.5, 0.6) is 0 Å². The summed E-state index contributed by atoms with van der Waals surface area (Å²) in [7, 11) is 0. The number of hydrogen-bond donors (Lipinski definition) is 0. The third kappa shape index (κ3) is 2.21. The summed E-state index contributed by atoms with van der Waals surface area (Å²) < 4.78 is 0. The van der Waals surface area contributed by atoms with E-state index >= 15 is 0 Å². The van der Waals surface area contributed by atoms with E-state index in [2.05, 4.69) is 55.0 Å². The molecule has 2 nitrogen and oxygen atoms in total.